The molecule has 0 amide bonds. The highest BCUT2D eigenvalue weighted by molar-refractivity contribution is 6.02. The van der Waals surface area contributed by atoms with E-state index >= 15 is 0 Å². The van der Waals surface area contributed by atoms with Crippen molar-refractivity contribution in [1.29, 1.82) is 0 Å². The van der Waals surface area contributed by atoms with E-state index < -0.39 is 0 Å². The van der Waals surface area contributed by atoms with Gasteiger partial charge in [0.05, 0.1) is 18.2 Å². The molecule has 0 fully saturated rings. The van der Waals surface area contributed by atoms with E-state index in [9.17, 15) is 9.18 Å². The van der Waals surface area contributed by atoms with Crippen LogP contribution in [0, 0.1) is 5.82 Å². The van der Waals surface area contributed by atoms with Gasteiger partial charge in [0.1, 0.15) is 18.2 Å². The molecule has 5 aromatic rings. The van der Waals surface area contributed by atoms with Crippen LogP contribution in [0.2, 0.25) is 0 Å². The Balaban J connectivity index is 1.64. The van der Waals surface area contributed by atoms with Gasteiger partial charge in [-0.3, -0.25) is 0 Å². The lowest BCUT2D eigenvalue weighted by Crippen LogP contribution is -2.00. The highest BCUT2D eigenvalue weighted by atomic mass is 19.1. The van der Waals surface area contributed by atoms with Crippen molar-refractivity contribution in [3.8, 4) is 22.6 Å². The van der Waals surface area contributed by atoms with E-state index in [4.69, 9.17) is 9.47 Å². The SMILES string of the molecule is COC(=O)c1ccc(-c2cn(-c3ccc(F)cc3)c3cccc(OCc4ccccc4)c23)cc1. The molecule has 1 aromatic heterocycles. The lowest BCUT2D eigenvalue weighted by atomic mass is 10.0. The zero-order valence-corrected chi connectivity index (χ0v) is 18.6. The van der Waals surface area contributed by atoms with E-state index in [0.29, 0.717) is 12.2 Å². The van der Waals surface area contributed by atoms with Crippen LogP contribution in [-0.4, -0.2) is 17.6 Å². The molecule has 0 saturated heterocycles. The number of methoxy groups -OCH3 is 1. The van der Waals surface area contributed by atoms with E-state index in [-0.39, 0.29) is 11.8 Å². The maximum Gasteiger partial charge on any atom is 0.337 e. The molecule has 0 atom stereocenters. The fraction of sp³-hybridized carbons (Fsp3) is 0.0690. The summed E-state index contributed by atoms with van der Waals surface area (Å²) in [6.07, 6.45) is 2.01. The van der Waals surface area contributed by atoms with Gasteiger partial charge in [0, 0.05) is 22.8 Å². The fourth-order valence-electron chi connectivity index (χ4n) is 4.05. The summed E-state index contributed by atoms with van der Waals surface area (Å²) in [4.78, 5) is 11.9. The Morgan fingerprint density at radius 1 is 0.853 bits per heavy atom. The predicted molar refractivity (Wildman–Crippen MR) is 131 cm³/mol. The van der Waals surface area contributed by atoms with Gasteiger partial charge < -0.3 is 14.0 Å². The van der Waals surface area contributed by atoms with Crippen LogP contribution in [0.15, 0.2) is 103 Å². The normalized spacial score (nSPS) is 10.9. The molecule has 0 aliphatic heterocycles. The number of esters is 1. The Morgan fingerprint density at radius 3 is 2.29 bits per heavy atom. The van der Waals surface area contributed by atoms with Crippen LogP contribution in [0.25, 0.3) is 27.7 Å². The molecule has 0 spiro atoms. The highest BCUT2D eigenvalue weighted by Gasteiger charge is 2.17. The van der Waals surface area contributed by atoms with Crippen LogP contribution < -0.4 is 4.74 Å². The van der Waals surface area contributed by atoms with E-state index in [1.54, 1.807) is 24.3 Å². The first-order chi connectivity index (χ1) is 16.6. The van der Waals surface area contributed by atoms with Crippen molar-refractivity contribution in [2.24, 2.45) is 0 Å². The molecular weight excluding hydrogens is 429 g/mol. The van der Waals surface area contributed by atoms with E-state index in [2.05, 4.69) is 0 Å². The number of fused-ring (bicyclic) bond motifs is 1. The van der Waals surface area contributed by atoms with Crippen LogP contribution in [0.5, 0.6) is 5.75 Å². The molecule has 0 saturated carbocycles. The fourth-order valence-corrected chi connectivity index (χ4v) is 4.05. The average Bonchev–Trinajstić information content (AvgIpc) is 3.28. The number of rotatable bonds is 6. The topological polar surface area (TPSA) is 40.5 Å². The van der Waals surface area contributed by atoms with Gasteiger partial charge in [-0.15, -0.1) is 0 Å². The van der Waals surface area contributed by atoms with Crippen molar-refractivity contribution in [2.45, 2.75) is 6.61 Å². The first-order valence-corrected chi connectivity index (χ1v) is 10.9. The Kier molecular flexibility index (Phi) is 5.83. The molecule has 0 aliphatic carbocycles. The molecule has 168 valence electrons. The van der Waals surface area contributed by atoms with E-state index in [0.717, 1.165) is 39.0 Å². The molecule has 5 rings (SSSR count). The van der Waals surface area contributed by atoms with Crippen molar-refractivity contribution in [2.75, 3.05) is 7.11 Å². The summed E-state index contributed by atoms with van der Waals surface area (Å²) >= 11 is 0. The number of carbonyl (C=O) groups excluding carboxylic acids is 1. The van der Waals surface area contributed by atoms with Crippen molar-refractivity contribution in [3.63, 3.8) is 0 Å². The lowest BCUT2D eigenvalue weighted by molar-refractivity contribution is 0.0600. The number of carbonyl (C=O) groups is 1. The Labute approximate surface area is 196 Å². The number of ether oxygens (including phenoxy) is 2. The van der Waals surface area contributed by atoms with Crippen LogP contribution in [0.4, 0.5) is 4.39 Å². The number of hydrogen-bond acceptors (Lipinski definition) is 3. The van der Waals surface area contributed by atoms with Crippen molar-refractivity contribution < 1.29 is 18.7 Å². The molecule has 0 bridgehead atoms. The summed E-state index contributed by atoms with van der Waals surface area (Å²) in [7, 11) is 1.36. The number of halogens is 1. The second kappa shape index (κ2) is 9.24. The van der Waals surface area contributed by atoms with Crippen molar-refractivity contribution >= 4 is 16.9 Å². The molecule has 5 heteroatoms. The average molecular weight is 451 g/mol. The summed E-state index contributed by atoms with van der Waals surface area (Å²) < 4.78 is 26.7. The second-order valence-electron chi connectivity index (χ2n) is 7.88. The van der Waals surface area contributed by atoms with E-state index in [1.807, 2.05) is 71.4 Å². The minimum Gasteiger partial charge on any atom is -0.488 e. The van der Waals surface area contributed by atoms with Gasteiger partial charge in [0.2, 0.25) is 0 Å². The highest BCUT2D eigenvalue weighted by Crippen LogP contribution is 2.39. The molecule has 1 heterocycles. The van der Waals surface area contributed by atoms with Gasteiger partial charge in [-0.05, 0) is 59.7 Å². The van der Waals surface area contributed by atoms with Gasteiger partial charge >= 0.3 is 5.97 Å². The first-order valence-electron chi connectivity index (χ1n) is 10.9. The standard InChI is InChI=1S/C29H22FNO3/c1-33-29(32)22-12-10-21(11-13-22)25-18-31(24-16-14-23(30)15-17-24)26-8-5-9-27(28(25)26)34-19-20-6-3-2-4-7-20/h2-18H,19H2,1H3. The largest absolute Gasteiger partial charge is 0.488 e. The minimum absolute atomic E-state index is 0.286. The Bertz CT molecular complexity index is 1440. The van der Waals surface area contributed by atoms with Crippen LogP contribution in [0.1, 0.15) is 15.9 Å². The summed E-state index contributed by atoms with van der Waals surface area (Å²) in [5, 5.41) is 0.938. The maximum atomic E-state index is 13.6. The summed E-state index contributed by atoms with van der Waals surface area (Å²) in [5.74, 6) is 0.0761. The van der Waals surface area contributed by atoms with Crippen LogP contribution >= 0.6 is 0 Å². The number of benzene rings is 4. The van der Waals surface area contributed by atoms with Gasteiger partial charge in [0.15, 0.2) is 0 Å². The molecule has 4 aromatic carbocycles. The summed E-state index contributed by atoms with van der Waals surface area (Å²) in [5.41, 5.74) is 5.19. The van der Waals surface area contributed by atoms with Gasteiger partial charge in [-0.2, -0.15) is 0 Å². The molecule has 4 nitrogen and oxygen atoms in total. The Morgan fingerprint density at radius 2 is 1.59 bits per heavy atom. The number of nitrogens with zero attached hydrogens (tertiary/aromatic N) is 1. The van der Waals surface area contributed by atoms with E-state index in [1.165, 1.54) is 19.2 Å². The molecule has 34 heavy (non-hydrogen) atoms. The third-order valence-electron chi connectivity index (χ3n) is 5.75. The smallest absolute Gasteiger partial charge is 0.337 e. The zero-order chi connectivity index (χ0) is 23.5. The van der Waals surface area contributed by atoms with Crippen molar-refractivity contribution in [1.82, 2.24) is 4.57 Å². The quantitative estimate of drug-likeness (QED) is 0.267. The van der Waals surface area contributed by atoms with Gasteiger partial charge in [-0.1, -0.05) is 48.5 Å². The zero-order valence-electron chi connectivity index (χ0n) is 18.6. The van der Waals surface area contributed by atoms with Crippen molar-refractivity contribution in [3.05, 3.63) is 120 Å². The van der Waals surface area contributed by atoms with Crippen LogP contribution in [0.3, 0.4) is 0 Å². The van der Waals surface area contributed by atoms with Crippen LogP contribution in [-0.2, 0) is 11.3 Å². The Hall–Kier alpha value is -4.38. The molecule has 0 aliphatic rings. The summed E-state index contributed by atoms with van der Waals surface area (Å²) in [6.45, 7) is 0.433. The number of aromatic nitrogens is 1. The minimum atomic E-state index is -0.382. The predicted octanol–water partition coefficient (Wildman–Crippen LogP) is 6.80. The first kappa shape index (κ1) is 21.5. The van der Waals surface area contributed by atoms with Gasteiger partial charge in [-0.25, -0.2) is 9.18 Å². The molecular formula is C29H22FNO3. The number of hydrogen-bond donors (Lipinski definition) is 0. The summed E-state index contributed by atoms with van der Waals surface area (Å²) in [6, 6.07) is 29.6. The third kappa shape index (κ3) is 4.16. The molecule has 0 N–H and O–H groups in total. The molecule has 0 radical (unpaired) electrons. The third-order valence-corrected chi connectivity index (χ3v) is 5.75. The van der Waals surface area contributed by atoms with Gasteiger partial charge in [0.25, 0.3) is 0 Å². The maximum absolute atomic E-state index is 13.6. The molecule has 0 unspecified atom stereocenters. The monoisotopic (exact) mass is 451 g/mol. The second-order valence-corrected chi connectivity index (χ2v) is 7.88. The lowest BCUT2D eigenvalue weighted by Gasteiger charge is -2.10.